The molecule has 41 heavy (non-hydrogen) atoms. The molecule has 0 unspecified atom stereocenters. The number of hydrogen-bond donors (Lipinski definition) is 3. The van der Waals surface area contributed by atoms with Crippen molar-refractivity contribution in [3.8, 4) is 17.0 Å². The summed E-state index contributed by atoms with van der Waals surface area (Å²) in [5.74, 6) is 0.725. The topological polar surface area (TPSA) is 96.3 Å². The minimum Gasteiger partial charge on any atom is -0.494 e. The van der Waals surface area contributed by atoms with Gasteiger partial charge in [-0.05, 0) is 63.6 Å². The van der Waals surface area contributed by atoms with Crippen LogP contribution in [-0.2, 0) is 11.3 Å². The highest BCUT2D eigenvalue weighted by molar-refractivity contribution is 7.17. The van der Waals surface area contributed by atoms with Gasteiger partial charge >= 0.3 is 0 Å². The van der Waals surface area contributed by atoms with E-state index in [1.54, 1.807) is 18.4 Å². The number of thiophene rings is 1. The number of fused-ring (bicyclic) bond motifs is 2. The van der Waals surface area contributed by atoms with Gasteiger partial charge in [0.1, 0.15) is 5.75 Å². The first-order chi connectivity index (χ1) is 19.9. The molecule has 0 radical (unpaired) electrons. The third-order valence-electron chi connectivity index (χ3n) is 6.81. The van der Waals surface area contributed by atoms with E-state index in [9.17, 15) is 4.79 Å². The molecule has 212 valence electrons. The highest BCUT2D eigenvalue weighted by Gasteiger charge is 2.18. The number of ether oxygens (including phenoxy) is 1. The summed E-state index contributed by atoms with van der Waals surface area (Å²) < 4.78 is 9.01. The van der Waals surface area contributed by atoms with Gasteiger partial charge < -0.3 is 30.2 Å². The lowest BCUT2D eigenvalue weighted by Gasteiger charge is -2.18. The summed E-state index contributed by atoms with van der Waals surface area (Å²) in [6.45, 7) is 8.27. The number of aromatic nitrogens is 3. The van der Waals surface area contributed by atoms with Crippen molar-refractivity contribution in [3.63, 3.8) is 0 Å². The van der Waals surface area contributed by atoms with Crippen LogP contribution in [0.5, 0.6) is 5.75 Å². The normalized spacial score (nSPS) is 11.2. The second-order valence-corrected chi connectivity index (χ2v) is 10.8. The highest BCUT2D eigenvalue weighted by Crippen LogP contribution is 2.39. The first kappa shape index (κ1) is 28.1. The Kier molecular flexibility index (Phi) is 8.51. The van der Waals surface area contributed by atoms with Crippen LogP contribution in [0.4, 0.5) is 23.0 Å². The van der Waals surface area contributed by atoms with E-state index < -0.39 is 0 Å². The molecular formula is C31H35N7O2S. The molecular weight excluding hydrogens is 534 g/mol. The van der Waals surface area contributed by atoms with Gasteiger partial charge in [-0.2, -0.15) is 0 Å². The number of para-hydroxylation sites is 1. The first-order valence-electron chi connectivity index (χ1n) is 13.6. The van der Waals surface area contributed by atoms with Crippen LogP contribution >= 0.6 is 11.3 Å². The highest BCUT2D eigenvalue weighted by atomic mass is 32.1. The molecule has 0 bridgehead atoms. The van der Waals surface area contributed by atoms with Crippen molar-refractivity contribution in [3.05, 3.63) is 66.7 Å². The summed E-state index contributed by atoms with van der Waals surface area (Å²) in [6.07, 6.45) is 4.35. The van der Waals surface area contributed by atoms with Gasteiger partial charge in [0, 0.05) is 41.8 Å². The minimum absolute atomic E-state index is 0.303. The Hall–Kier alpha value is -4.41. The number of nitrogens with zero attached hydrogens (tertiary/aromatic N) is 4. The SMILES string of the molecule is C=CC(=O)Nc1cc(Nc2nc(-c3cn(CC)c4ccccc34)c3sccc3n2)c(OC)cc1NCCCN(C)C. The minimum atomic E-state index is -0.303. The fourth-order valence-electron chi connectivity index (χ4n) is 4.82. The largest absolute Gasteiger partial charge is 0.494 e. The van der Waals surface area contributed by atoms with E-state index in [0.29, 0.717) is 23.1 Å². The number of amides is 1. The lowest BCUT2D eigenvalue weighted by molar-refractivity contribution is -0.111. The van der Waals surface area contributed by atoms with Crippen LogP contribution in [0.2, 0.25) is 0 Å². The molecule has 0 saturated carbocycles. The second kappa shape index (κ2) is 12.4. The third kappa shape index (κ3) is 6.03. The zero-order valence-electron chi connectivity index (χ0n) is 23.8. The number of benzene rings is 2. The maximum atomic E-state index is 12.3. The molecule has 0 atom stereocenters. The van der Waals surface area contributed by atoms with E-state index in [2.05, 4.69) is 69.4 Å². The monoisotopic (exact) mass is 569 g/mol. The molecule has 0 aliphatic carbocycles. The predicted octanol–water partition coefficient (Wildman–Crippen LogP) is 6.57. The molecule has 0 aliphatic rings. The molecule has 0 aliphatic heterocycles. The summed E-state index contributed by atoms with van der Waals surface area (Å²) in [7, 11) is 5.70. The number of anilines is 4. The van der Waals surface area contributed by atoms with Crippen molar-refractivity contribution in [2.45, 2.75) is 19.9 Å². The van der Waals surface area contributed by atoms with E-state index >= 15 is 0 Å². The van der Waals surface area contributed by atoms with Gasteiger partial charge in [0.15, 0.2) is 0 Å². The van der Waals surface area contributed by atoms with Crippen molar-refractivity contribution in [2.24, 2.45) is 0 Å². The molecule has 3 aromatic heterocycles. The molecule has 9 nitrogen and oxygen atoms in total. The quantitative estimate of drug-likeness (QED) is 0.115. The smallest absolute Gasteiger partial charge is 0.247 e. The first-order valence-corrected chi connectivity index (χ1v) is 14.4. The van der Waals surface area contributed by atoms with Crippen molar-refractivity contribution < 1.29 is 9.53 Å². The van der Waals surface area contributed by atoms with Crippen LogP contribution in [0, 0.1) is 0 Å². The Balaban J connectivity index is 1.55. The summed E-state index contributed by atoms with van der Waals surface area (Å²) in [5.41, 5.74) is 5.93. The maximum absolute atomic E-state index is 12.3. The molecule has 3 N–H and O–H groups in total. The average molecular weight is 570 g/mol. The third-order valence-corrected chi connectivity index (χ3v) is 7.73. The lowest BCUT2D eigenvalue weighted by atomic mass is 10.1. The van der Waals surface area contributed by atoms with Crippen LogP contribution in [-0.4, -0.2) is 59.6 Å². The summed E-state index contributed by atoms with van der Waals surface area (Å²) in [4.78, 5) is 24.2. The van der Waals surface area contributed by atoms with E-state index in [1.165, 1.54) is 11.6 Å². The maximum Gasteiger partial charge on any atom is 0.247 e. The number of aryl methyl sites for hydroxylation is 1. The van der Waals surface area contributed by atoms with Crippen LogP contribution < -0.4 is 20.7 Å². The summed E-state index contributed by atoms with van der Waals surface area (Å²) >= 11 is 1.63. The standard InChI is InChI=1S/C31H35N7O2S/c1-6-28(39)33-24-17-25(27(40-5)18-23(24)32-14-10-15-37(3)4)35-31-34-22-13-16-41-30(22)29(36-31)21-19-38(7-2)26-12-9-8-11-20(21)26/h6,8-9,11-13,16-19,32H,1,7,10,14-15H2,2-5H3,(H,33,39)(H,34,35,36). The van der Waals surface area contributed by atoms with Crippen LogP contribution in [0.15, 0.2) is 66.7 Å². The molecule has 0 saturated heterocycles. The van der Waals surface area contributed by atoms with Gasteiger partial charge in [0.2, 0.25) is 11.9 Å². The Morgan fingerprint density at radius 2 is 1.98 bits per heavy atom. The van der Waals surface area contributed by atoms with Crippen molar-refractivity contribution in [1.29, 1.82) is 0 Å². The van der Waals surface area contributed by atoms with E-state index in [1.807, 2.05) is 37.7 Å². The summed E-state index contributed by atoms with van der Waals surface area (Å²) in [5, 5.41) is 12.9. The van der Waals surface area contributed by atoms with Crippen LogP contribution in [0.25, 0.3) is 32.4 Å². The Bertz CT molecular complexity index is 1710. The number of rotatable bonds is 12. The predicted molar refractivity (Wildman–Crippen MR) is 171 cm³/mol. The number of nitrogens with one attached hydrogen (secondary N) is 3. The Morgan fingerprint density at radius 1 is 1.15 bits per heavy atom. The van der Waals surface area contributed by atoms with Crippen molar-refractivity contribution >= 4 is 61.4 Å². The number of carbonyl (C=O) groups excluding carboxylic acids is 1. The van der Waals surface area contributed by atoms with Gasteiger partial charge in [-0.25, -0.2) is 9.97 Å². The molecule has 2 aromatic carbocycles. The number of hydrogen-bond acceptors (Lipinski definition) is 8. The second-order valence-electron chi connectivity index (χ2n) is 9.88. The van der Waals surface area contributed by atoms with Crippen LogP contribution in [0.1, 0.15) is 13.3 Å². The van der Waals surface area contributed by atoms with Crippen LogP contribution in [0.3, 0.4) is 0 Å². The van der Waals surface area contributed by atoms with E-state index in [4.69, 9.17) is 14.7 Å². The van der Waals surface area contributed by atoms with Gasteiger partial charge in [-0.3, -0.25) is 4.79 Å². The van der Waals surface area contributed by atoms with E-state index in [0.717, 1.165) is 58.6 Å². The molecule has 1 amide bonds. The van der Waals surface area contributed by atoms with Crippen molar-refractivity contribution in [1.82, 2.24) is 19.4 Å². The van der Waals surface area contributed by atoms with Gasteiger partial charge in [0.25, 0.3) is 0 Å². The summed E-state index contributed by atoms with van der Waals surface area (Å²) in [6, 6.07) is 14.1. The zero-order chi connectivity index (χ0) is 28.9. The number of methoxy groups -OCH3 is 1. The lowest BCUT2D eigenvalue weighted by Crippen LogP contribution is -2.17. The molecule has 0 spiro atoms. The van der Waals surface area contributed by atoms with E-state index in [-0.39, 0.29) is 5.91 Å². The molecule has 10 heteroatoms. The molecule has 0 fully saturated rings. The molecule has 3 heterocycles. The van der Waals surface area contributed by atoms with Gasteiger partial charge in [-0.15, -0.1) is 11.3 Å². The fraction of sp³-hybridized carbons (Fsp3) is 0.258. The Morgan fingerprint density at radius 3 is 2.73 bits per heavy atom. The Labute approximate surface area is 243 Å². The average Bonchev–Trinajstić information content (AvgIpc) is 3.60. The van der Waals surface area contributed by atoms with Crippen molar-refractivity contribution in [2.75, 3.05) is 50.2 Å². The fourth-order valence-corrected chi connectivity index (χ4v) is 5.65. The molecule has 5 aromatic rings. The zero-order valence-corrected chi connectivity index (χ0v) is 24.6. The molecule has 5 rings (SSSR count). The van der Waals surface area contributed by atoms with Gasteiger partial charge in [-0.1, -0.05) is 24.8 Å². The number of carbonyl (C=O) groups is 1. The van der Waals surface area contributed by atoms with Gasteiger partial charge in [0.05, 0.1) is 40.1 Å².